The summed E-state index contributed by atoms with van der Waals surface area (Å²) in [4.78, 5) is 7.20. The van der Waals surface area contributed by atoms with Gasteiger partial charge in [-0.3, -0.25) is 0 Å². The van der Waals surface area contributed by atoms with E-state index in [0.29, 0.717) is 5.56 Å². The Morgan fingerprint density at radius 2 is 1.89 bits per heavy atom. The monoisotopic (exact) mass is 376 g/mol. The third-order valence-electron chi connectivity index (χ3n) is 4.90. The van der Waals surface area contributed by atoms with E-state index < -0.39 is 0 Å². The molecule has 0 amide bonds. The number of fused-ring (bicyclic) bond motifs is 1. The van der Waals surface area contributed by atoms with E-state index in [2.05, 4.69) is 49.1 Å². The van der Waals surface area contributed by atoms with Crippen molar-refractivity contribution in [2.45, 2.75) is 47.0 Å². The van der Waals surface area contributed by atoms with E-state index in [1.165, 1.54) is 0 Å². The molecule has 2 heterocycles. The lowest BCUT2D eigenvalue weighted by molar-refractivity contribution is 0.712. The number of aryl methyl sites for hydroxylation is 1. The second kappa shape index (κ2) is 8.75. The van der Waals surface area contributed by atoms with Crippen LogP contribution in [0.1, 0.15) is 50.3 Å². The molecule has 3 aromatic rings. The number of anilines is 3. The van der Waals surface area contributed by atoms with E-state index in [9.17, 15) is 5.26 Å². The Balaban J connectivity index is 2.10. The van der Waals surface area contributed by atoms with Gasteiger partial charge >= 0.3 is 0 Å². The first kappa shape index (κ1) is 19.7. The van der Waals surface area contributed by atoms with Gasteiger partial charge in [0.1, 0.15) is 11.6 Å². The number of aromatic nitrogens is 3. The van der Waals surface area contributed by atoms with Crippen LogP contribution in [-0.4, -0.2) is 27.7 Å². The number of rotatable bonds is 8. The van der Waals surface area contributed by atoms with Gasteiger partial charge in [0, 0.05) is 30.4 Å². The molecular weight excluding hydrogens is 348 g/mol. The number of nitrogens with one attached hydrogen (secondary N) is 1. The number of nitriles is 1. The zero-order valence-electron chi connectivity index (χ0n) is 17.2. The fraction of sp³-hybridized carbons (Fsp3) is 0.409. The van der Waals surface area contributed by atoms with Crippen molar-refractivity contribution in [3.8, 4) is 6.07 Å². The minimum atomic E-state index is 0.677. The third kappa shape index (κ3) is 3.79. The van der Waals surface area contributed by atoms with Gasteiger partial charge in [0.2, 0.25) is 0 Å². The summed E-state index contributed by atoms with van der Waals surface area (Å²) in [6.07, 6.45) is 4.78. The van der Waals surface area contributed by atoms with E-state index in [1.54, 1.807) is 6.20 Å². The van der Waals surface area contributed by atoms with Crippen LogP contribution in [0.3, 0.4) is 0 Å². The summed E-state index contributed by atoms with van der Waals surface area (Å²) in [6, 6.07) is 9.90. The molecule has 28 heavy (non-hydrogen) atoms. The highest BCUT2D eigenvalue weighted by molar-refractivity contribution is 5.71. The van der Waals surface area contributed by atoms with E-state index in [0.717, 1.165) is 66.4 Å². The van der Waals surface area contributed by atoms with Gasteiger partial charge in [0.15, 0.2) is 5.65 Å². The lowest BCUT2D eigenvalue weighted by atomic mass is 10.1. The summed E-state index contributed by atoms with van der Waals surface area (Å²) in [6.45, 7) is 10.5. The Morgan fingerprint density at radius 3 is 2.54 bits per heavy atom. The van der Waals surface area contributed by atoms with Gasteiger partial charge in [-0.2, -0.15) is 14.9 Å². The minimum absolute atomic E-state index is 0.677. The Bertz CT molecular complexity index is 992. The molecule has 0 atom stereocenters. The van der Waals surface area contributed by atoms with E-state index in [-0.39, 0.29) is 0 Å². The van der Waals surface area contributed by atoms with Crippen LogP contribution in [0.4, 0.5) is 17.3 Å². The number of nitrogens with zero attached hydrogens (tertiary/aromatic N) is 5. The smallest absolute Gasteiger partial charge is 0.159 e. The molecule has 1 N–H and O–H groups in total. The molecule has 0 saturated carbocycles. The molecule has 0 aliphatic heterocycles. The highest BCUT2D eigenvalue weighted by Crippen LogP contribution is 2.30. The highest BCUT2D eigenvalue weighted by atomic mass is 15.4. The summed E-state index contributed by atoms with van der Waals surface area (Å²) in [5, 5.41) is 17.2. The summed E-state index contributed by atoms with van der Waals surface area (Å²) in [5.74, 6) is 1.92. The van der Waals surface area contributed by atoms with Crippen LogP contribution in [0.2, 0.25) is 0 Å². The molecule has 0 fully saturated rings. The van der Waals surface area contributed by atoms with E-state index in [4.69, 9.17) is 4.98 Å². The predicted octanol–water partition coefficient (Wildman–Crippen LogP) is 4.84. The molecule has 0 bridgehead atoms. The van der Waals surface area contributed by atoms with Gasteiger partial charge in [-0.25, -0.2) is 4.98 Å². The van der Waals surface area contributed by atoms with Gasteiger partial charge in [0.25, 0.3) is 0 Å². The maximum Gasteiger partial charge on any atom is 0.159 e. The number of benzene rings is 1. The number of hydrogen-bond acceptors (Lipinski definition) is 5. The first-order valence-electron chi connectivity index (χ1n) is 10.0. The fourth-order valence-corrected chi connectivity index (χ4v) is 3.57. The van der Waals surface area contributed by atoms with Crippen molar-refractivity contribution in [2.75, 3.05) is 23.3 Å². The number of hydrogen-bond donors (Lipinski definition) is 1. The Morgan fingerprint density at radius 1 is 1.14 bits per heavy atom. The summed E-state index contributed by atoms with van der Waals surface area (Å²) in [5.41, 5.74) is 4.67. The molecule has 6 heteroatoms. The molecule has 0 radical (unpaired) electrons. The fourth-order valence-electron chi connectivity index (χ4n) is 3.57. The maximum absolute atomic E-state index is 9.18. The first-order valence-corrected chi connectivity index (χ1v) is 10.0. The van der Waals surface area contributed by atoms with Crippen LogP contribution in [0, 0.1) is 18.3 Å². The predicted molar refractivity (Wildman–Crippen MR) is 114 cm³/mol. The second-order valence-corrected chi connectivity index (χ2v) is 6.96. The molecule has 6 nitrogen and oxygen atoms in total. The molecule has 0 spiro atoms. The molecule has 0 unspecified atom stereocenters. The normalized spacial score (nSPS) is 10.8. The van der Waals surface area contributed by atoms with Crippen LogP contribution in [0.25, 0.3) is 5.65 Å². The Hall–Kier alpha value is -3.07. The average Bonchev–Trinajstić information content (AvgIpc) is 3.16. The van der Waals surface area contributed by atoms with Crippen molar-refractivity contribution >= 4 is 23.0 Å². The van der Waals surface area contributed by atoms with Gasteiger partial charge in [-0.15, -0.1) is 0 Å². The van der Waals surface area contributed by atoms with Crippen molar-refractivity contribution in [2.24, 2.45) is 0 Å². The summed E-state index contributed by atoms with van der Waals surface area (Å²) >= 11 is 0. The lowest BCUT2D eigenvalue weighted by Gasteiger charge is -2.27. The van der Waals surface area contributed by atoms with Crippen LogP contribution >= 0.6 is 0 Å². The van der Waals surface area contributed by atoms with Crippen molar-refractivity contribution < 1.29 is 0 Å². The Kier molecular flexibility index (Phi) is 6.15. The zero-order valence-corrected chi connectivity index (χ0v) is 17.2. The topological polar surface area (TPSA) is 69.2 Å². The highest BCUT2D eigenvalue weighted by Gasteiger charge is 2.18. The Labute approximate surface area is 166 Å². The van der Waals surface area contributed by atoms with Crippen LogP contribution < -0.4 is 10.2 Å². The summed E-state index contributed by atoms with van der Waals surface area (Å²) in [7, 11) is 0. The van der Waals surface area contributed by atoms with Crippen LogP contribution in [0.15, 0.2) is 30.5 Å². The first-order chi connectivity index (χ1) is 13.6. The molecule has 146 valence electrons. The second-order valence-electron chi connectivity index (χ2n) is 6.96. The summed E-state index contributed by atoms with van der Waals surface area (Å²) < 4.78 is 1.94. The van der Waals surface area contributed by atoms with Gasteiger partial charge in [-0.05, 0) is 49.9 Å². The van der Waals surface area contributed by atoms with Crippen molar-refractivity contribution in [3.05, 3.63) is 47.2 Å². The quantitative estimate of drug-likeness (QED) is 0.609. The molecule has 2 aromatic heterocycles. The van der Waals surface area contributed by atoms with Gasteiger partial charge < -0.3 is 10.2 Å². The molecule has 0 aliphatic rings. The van der Waals surface area contributed by atoms with Crippen LogP contribution in [-0.2, 0) is 6.42 Å². The zero-order chi connectivity index (χ0) is 20.1. The van der Waals surface area contributed by atoms with Crippen molar-refractivity contribution in [3.63, 3.8) is 0 Å². The molecular formula is C22H28N6. The average molecular weight is 377 g/mol. The standard InChI is InChI=1S/C22H28N6/c1-5-12-27(13-6-2)22-16(4)21(26-20-10-11-24-28(20)22)25-19-9-8-17(15-23)14-18(19)7-3/h8-11,14H,5-7,12-13H2,1-4H3,(H,25,26). The van der Waals surface area contributed by atoms with Crippen molar-refractivity contribution in [1.82, 2.24) is 14.6 Å². The molecule has 0 saturated heterocycles. The lowest BCUT2D eigenvalue weighted by Crippen LogP contribution is -2.28. The van der Waals surface area contributed by atoms with Gasteiger partial charge in [-0.1, -0.05) is 20.8 Å². The third-order valence-corrected chi connectivity index (χ3v) is 4.90. The van der Waals surface area contributed by atoms with E-state index in [1.807, 2.05) is 28.8 Å². The minimum Gasteiger partial charge on any atom is -0.356 e. The molecule has 0 aliphatic carbocycles. The molecule has 3 rings (SSSR count). The molecule has 1 aromatic carbocycles. The van der Waals surface area contributed by atoms with Crippen molar-refractivity contribution in [1.29, 1.82) is 5.26 Å². The largest absolute Gasteiger partial charge is 0.356 e. The van der Waals surface area contributed by atoms with Gasteiger partial charge in [0.05, 0.1) is 17.8 Å². The maximum atomic E-state index is 9.18. The van der Waals surface area contributed by atoms with Crippen LogP contribution in [0.5, 0.6) is 0 Å². The SMILES string of the molecule is CCCN(CCC)c1c(C)c(Nc2ccc(C#N)cc2CC)nc2ccnn12. The van der Waals surface area contributed by atoms with E-state index >= 15 is 0 Å².